The molecule has 4 nitrogen and oxygen atoms in total. The summed E-state index contributed by atoms with van der Waals surface area (Å²) in [5.74, 6) is 1.01. The molecule has 1 heterocycles. The quantitative estimate of drug-likeness (QED) is 0.850. The largest absolute Gasteiger partial charge is 0.268 e. The van der Waals surface area contributed by atoms with E-state index in [1.54, 1.807) is 12.3 Å². The molecule has 0 aliphatic heterocycles. The predicted octanol–water partition coefficient (Wildman–Crippen LogP) is 2.43. The van der Waals surface area contributed by atoms with Crippen LogP contribution in [0.2, 0.25) is 0 Å². The van der Waals surface area contributed by atoms with Crippen molar-refractivity contribution in [2.45, 2.75) is 33.1 Å². The Labute approximate surface area is 104 Å². The Morgan fingerprint density at radius 3 is 2.59 bits per heavy atom. The summed E-state index contributed by atoms with van der Waals surface area (Å²) >= 11 is 0. The van der Waals surface area contributed by atoms with E-state index >= 15 is 0 Å². The van der Waals surface area contributed by atoms with Gasteiger partial charge in [0.25, 0.3) is 0 Å². The van der Waals surface area contributed by atoms with Crippen LogP contribution in [0.4, 0.5) is 5.82 Å². The van der Waals surface area contributed by atoms with Gasteiger partial charge in [0.15, 0.2) is 0 Å². The Kier molecular flexibility index (Phi) is 4.93. The van der Waals surface area contributed by atoms with E-state index < -0.39 is 10.0 Å². The molecule has 0 amide bonds. The van der Waals surface area contributed by atoms with Crippen molar-refractivity contribution in [2.24, 2.45) is 5.92 Å². The zero-order chi connectivity index (χ0) is 12.9. The van der Waals surface area contributed by atoms with Crippen molar-refractivity contribution in [3.63, 3.8) is 0 Å². The number of nitrogens with one attached hydrogen (secondary N) is 1. The summed E-state index contributed by atoms with van der Waals surface area (Å²) in [6, 6.07) is 3.63. The molecule has 5 heteroatoms. The van der Waals surface area contributed by atoms with Gasteiger partial charge in [-0.05, 0) is 24.0 Å². The van der Waals surface area contributed by atoms with E-state index in [0.29, 0.717) is 11.7 Å². The van der Waals surface area contributed by atoms with E-state index in [2.05, 4.69) is 23.6 Å². The summed E-state index contributed by atoms with van der Waals surface area (Å²) in [6.45, 7) is 4.39. The summed E-state index contributed by atoms with van der Waals surface area (Å²) in [7, 11) is -3.23. The molecule has 0 bridgehead atoms. The maximum atomic E-state index is 11.0. The van der Waals surface area contributed by atoms with Gasteiger partial charge in [-0.1, -0.05) is 32.8 Å². The van der Waals surface area contributed by atoms with Gasteiger partial charge >= 0.3 is 0 Å². The summed E-state index contributed by atoms with van der Waals surface area (Å²) < 4.78 is 24.3. The number of anilines is 1. The van der Waals surface area contributed by atoms with E-state index in [1.165, 1.54) is 12.8 Å². The van der Waals surface area contributed by atoms with Crippen molar-refractivity contribution in [1.29, 1.82) is 0 Å². The van der Waals surface area contributed by atoms with Crippen LogP contribution in [0.5, 0.6) is 0 Å². The van der Waals surface area contributed by atoms with Crippen LogP contribution < -0.4 is 4.72 Å². The first-order valence-corrected chi connectivity index (χ1v) is 7.72. The molecule has 0 aliphatic carbocycles. The fraction of sp³-hybridized carbons (Fsp3) is 0.583. The molecule has 96 valence electrons. The zero-order valence-corrected chi connectivity index (χ0v) is 11.4. The SMILES string of the molecule is CCCC(C)Cc1ccc(NS(C)(=O)=O)nc1. The van der Waals surface area contributed by atoms with Gasteiger partial charge in [-0.3, -0.25) is 4.72 Å². The summed E-state index contributed by atoms with van der Waals surface area (Å²) in [4.78, 5) is 4.09. The number of hydrogen-bond acceptors (Lipinski definition) is 3. The molecule has 0 aromatic carbocycles. The molecule has 0 saturated carbocycles. The molecule has 1 unspecified atom stereocenters. The number of nitrogens with zero attached hydrogens (tertiary/aromatic N) is 1. The van der Waals surface area contributed by atoms with Crippen molar-refractivity contribution < 1.29 is 8.42 Å². The first-order valence-electron chi connectivity index (χ1n) is 5.83. The molecule has 1 N–H and O–H groups in total. The number of pyridine rings is 1. The van der Waals surface area contributed by atoms with Gasteiger partial charge in [0.1, 0.15) is 5.82 Å². The van der Waals surface area contributed by atoms with Crippen molar-refractivity contribution in [3.8, 4) is 0 Å². The highest BCUT2D eigenvalue weighted by molar-refractivity contribution is 7.92. The third-order valence-corrected chi connectivity index (χ3v) is 3.06. The second kappa shape index (κ2) is 6.00. The van der Waals surface area contributed by atoms with Crippen LogP contribution in [0, 0.1) is 5.92 Å². The van der Waals surface area contributed by atoms with Gasteiger partial charge < -0.3 is 0 Å². The van der Waals surface area contributed by atoms with Crippen LogP contribution in [0.15, 0.2) is 18.3 Å². The molecule has 0 fully saturated rings. The number of rotatable bonds is 6. The van der Waals surface area contributed by atoms with E-state index in [1.807, 2.05) is 6.07 Å². The zero-order valence-electron chi connectivity index (χ0n) is 10.6. The summed E-state index contributed by atoms with van der Waals surface area (Å²) in [6.07, 6.45) is 6.22. The molecule has 1 rings (SSSR count). The standard InChI is InChI=1S/C12H20N2O2S/c1-4-5-10(2)8-11-6-7-12(13-9-11)14-17(3,15)16/h6-7,9-10H,4-5,8H2,1-3H3,(H,13,14). The molecular formula is C12H20N2O2S. The van der Waals surface area contributed by atoms with Crippen molar-refractivity contribution in [1.82, 2.24) is 4.98 Å². The normalized spacial score (nSPS) is 13.4. The Hall–Kier alpha value is -1.10. The fourth-order valence-electron chi connectivity index (χ4n) is 1.79. The highest BCUT2D eigenvalue weighted by atomic mass is 32.2. The van der Waals surface area contributed by atoms with Crippen LogP contribution in [-0.2, 0) is 16.4 Å². The Morgan fingerprint density at radius 1 is 1.41 bits per heavy atom. The summed E-state index contributed by atoms with van der Waals surface area (Å²) in [5.41, 5.74) is 1.14. The average Bonchev–Trinajstić information content (AvgIpc) is 2.19. The second-order valence-electron chi connectivity index (χ2n) is 4.52. The third kappa shape index (κ3) is 5.68. The van der Waals surface area contributed by atoms with E-state index in [4.69, 9.17) is 0 Å². The minimum Gasteiger partial charge on any atom is -0.268 e. The van der Waals surface area contributed by atoms with E-state index in [0.717, 1.165) is 18.2 Å². The van der Waals surface area contributed by atoms with Gasteiger partial charge in [0.05, 0.1) is 6.26 Å². The molecule has 0 saturated heterocycles. The second-order valence-corrected chi connectivity index (χ2v) is 6.27. The lowest BCUT2D eigenvalue weighted by molar-refractivity contribution is 0.522. The van der Waals surface area contributed by atoms with Crippen LogP contribution in [0.3, 0.4) is 0 Å². The number of hydrogen-bond donors (Lipinski definition) is 1. The smallest absolute Gasteiger partial charge is 0.230 e. The van der Waals surface area contributed by atoms with Gasteiger partial charge in [-0.25, -0.2) is 13.4 Å². The Morgan fingerprint density at radius 2 is 2.12 bits per heavy atom. The van der Waals surface area contributed by atoms with Gasteiger partial charge in [-0.15, -0.1) is 0 Å². The van der Waals surface area contributed by atoms with Gasteiger partial charge in [0, 0.05) is 6.20 Å². The highest BCUT2D eigenvalue weighted by Gasteiger charge is 2.05. The molecule has 0 spiro atoms. The Bertz CT molecular complexity index is 440. The molecule has 1 aromatic rings. The van der Waals surface area contributed by atoms with Crippen LogP contribution in [0.25, 0.3) is 0 Å². The predicted molar refractivity (Wildman–Crippen MR) is 70.5 cm³/mol. The molecular weight excluding hydrogens is 236 g/mol. The van der Waals surface area contributed by atoms with Gasteiger partial charge in [0.2, 0.25) is 10.0 Å². The van der Waals surface area contributed by atoms with E-state index in [9.17, 15) is 8.42 Å². The molecule has 17 heavy (non-hydrogen) atoms. The van der Waals surface area contributed by atoms with Crippen LogP contribution in [0.1, 0.15) is 32.3 Å². The first kappa shape index (κ1) is 14.0. The van der Waals surface area contributed by atoms with Crippen molar-refractivity contribution in [2.75, 3.05) is 11.0 Å². The van der Waals surface area contributed by atoms with Crippen LogP contribution >= 0.6 is 0 Å². The van der Waals surface area contributed by atoms with Crippen molar-refractivity contribution in [3.05, 3.63) is 23.9 Å². The van der Waals surface area contributed by atoms with Crippen LogP contribution in [-0.4, -0.2) is 19.7 Å². The fourth-order valence-corrected chi connectivity index (χ4v) is 2.29. The average molecular weight is 256 g/mol. The highest BCUT2D eigenvalue weighted by Crippen LogP contribution is 2.14. The minimum absolute atomic E-state index is 0.374. The molecule has 0 aliphatic rings. The third-order valence-electron chi connectivity index (χ3n) is 2.48. The lowest BCUT2D eigenvalue weighted by atomic mass is 9.98. The van der Waals surface area contributed by atoms with Crippen molar-refractivity contribution >= 4 is 15.8 Å². The number of aromatic nitrogens is 1. The van der Waals surface area contributed by atoms with Gasteiger partial charge in [-0.2, -0.15) is 0 Å². The number of sulfonamides is 1. The first-order chi connectivity index (χ1) is 7.90. The summed E-state index contributed by atoms with van der Waals surface area (Å²) in [5, 5.41) is 0. The molecule has 0 radical (unpaired) electrons. The lowest BCUT2D eigenvalue weighted by Crippen LogP contribution is -2.11. The molecule has 1 aromatic heterocycles. The monoisotopic (exact) mass is 256 g/mol. The molecule has 1 atom stereocenters. The van der Waals surface area contributed by atoms with E-state index in [-0.39, 0.29) is 0 Å². The maximum Gasteiger partial charge on any atom is 0.230 e. The Balaban J connectivity index is 2.62. The maximum absolute atomic E-state index is 11.0. The topological polar surface area (TPSA) is 59.1 Å². The minimum atomic E-state index is -3.23. The lowest BCUT2D eigenvalue weighted by Gasteiger charge is -2.10.